The normalized spacial score (nSPS) is 12.6. The van der Waals surface area contributed by atoms with Gasteiger partial charge in [0.05, 0.1) is 0 Å². The molecular weight excluding hydrogens is 204 g/mol. The second-order valence-electron chi connectivity index (χ2n) is 3.75. The molecule has 17 heavy (non-hydrogen) atoms. The van der Waals surface area contributed by atoms with Crippen LogP contribution in [0.5, 0.6) is 0 Å². The van der Waals surface area contributed by atoms with Crippen LogP contribution in [0.15, 0.2) is 42.0 Å². The zero-order valence-corrected chi connectivity index (χ0v) is 12.2. The summed E-state index contributed by atoms with van der Waals surface area (Å²) in [5, 5.41) is 0. The van der Waals surface area contributed by atoms with Crippen LogP contribution in [0, 0.1) is 6.92 Å². The lowest BCUT2D eigenvalue weighted by Crippen LogP contribution is -1.82. The SMILES string of the molecule is CC.CC.CC1=CC=C(c2ccc(C)cc2)C1. The van der Waals surface area contributed by atoms with Gasteiger partial charge in [0.25, 0.3) is 0 Å². The van der Waals surface area contributed by atoms with E-state index in [1.165, 1.54) is 22.3 Å². The molecule has 1 aromatic carbocycles. The fourth-order valence-corrected chi connectivity index (χ4v) is 1.63. The smallest absolute Gasteiger partial charge is 0.00608 e. The van der Waals surface area contributed by atoms with E-state index >= 15 is 0 Å². The van der Waals surface area contributed by atoms with Gasteiger partial charge in [0.1, 0.15) is 0 Å². The molecule has 1 aliphatic carbocycles. The van der Waals surface area contributed by atoms with Crippen molar-refractivity contribution in [2.45, 2.75) is 48.0 Å². The van der Waals surface area contributed by atoms with Crippen molar-refractivity contribution in [3.05, 3.63) is 53.1 Å². The second kappa shape index (κ2) is 8.81. The van der Waals surface area contributed by atoms with E-state index in [2.05, 4.69) is 50.3 Å². The lowest BCUT2D eigenvalue weighted by atomic mass is 10.0. The van der Waals surface area contributed by atoms with Crippen molar-refractivity contribution in [3.63, 3.8) is 0 Å². The summed E-state index contributed by atoms with van der Waals surface area (Å²) in [4.78, 5) is 0. The Labute approximate surface area is 107 Å². The average molecular weight is 230 g/mol. The monoisotopic (exact) mass is 230 g/mol. The highest BCUT2D eigenvalue weighted by molar-refractivity contribution is 5.72. The molecule has 0 saturated heterocycles. The van der Waals surface area contributed by atoms with Crippen molar-refractivity contribution in [2.24, 2.45) is 0 Å². The van der Waals surface area contributed by atoms with E-state index in [1.54, 1.807) is 0 Å². The third kappa shape index (κ3) is 5.04. The molecule has 0 atom stereocenters. The van der Waals surface area contributed by atoms with Crippen LogP contribution in [-0.4, -0.2) is 0 Å². The predicted octanol–water partition coefficient (Wildman–Crippen LogP) is 5.78. The molecule has 0 nitrogen and oxygen atoms in total. The van der Waals surface area contributed by atoms with E-state index in [0.29, 0.717) is 0 Å². The molecule has 0 saturated carbocycles. The minimum absolute atomic E-state index is 1.11. The van der Waals surface area contributed by atoms with Gasteiger partial charge < -0.3 is 0 Å². The van der Waals surface area contributed by atoms with Crippen molar-refractivity contribution in [1.29, 1.82) is 0 Å². The Balaban J connectivity index is 0.000000581. The van der Waals surface area contributed by atoms with Crippen LogP contribution in [0.3, 0.4) is 0 Å². The van der Waals surface area contributed by atoms with Crippen LogP contribution in [0.4, 0.5) is 0 Å². The number of benzene rings is 1. The molecule has 0 aliphatic heterocycles. The maximum atomic E-state index is 2.22. The standard InChI is InChI=1S/C13H14.2C2H6/c1-10-3-6-12(7-4-10)13-8-5-11(2)9-13;2*1-2/h3-8H,9H2,1-2H3;2*1-2H3. The molecule has 1 aliphatic rings. The third-order valence-electron chi connectivity index (χ3n) is 2.46. The number of hydrogen-bond donors (Lipinski definition) is 0. The summed E-state index contributed by atoms with van der Waals surface area (Å²) in [5.74, 6) is 0. The van der Waals surface area contributed by atoms with Gasteiger partial charge in [-0.2, -0.15) is 0 Å². The maximum Gasteiger partial charge on any atom is -0.00608 e. The van der Waals surface area contributed by atoms with Crippen LogP contribution in [0.2, 0.25) is 0 Å². The highest BCUT2D eigenvalue weighted by atomic mass is 14.1. The average Bonchev–Trinajstić information content (AvgIpc) is 2.82. The molecule has 0 bridgehead atoms. The van der Waals surface area contributed by atoms with Gasteiger partial charge in [-0.3, -0.25) is 0 Å². The summed E-state index contributed by atoms with van der Waals surface area (Å²) in [6.07, 6.45) is 5.54. The number of aryl methyl sites for hydroxylation is 1. The fraction of sp³-hybridized carbons (Fsp3) is 0.412. The number of allylic oxidation sites excluding steroid dienone is 4. The van der Waals surface area contributed by atoms with Crippen molar-refractivity contribution < 1.29 is 0 Å². The molecule has 0 unspecified atom stereocenters. The van der Waals surface area contributed by atoms with E-state index in [4.69, 9.17) is 0 Å². The van der Waals surface area contributed by atoms with Gasteiger partial charge in [-0.15, -0.1) is 0 Å². The summed E-state index contributed by atoms with van der Waals surface area (Å²) in [7, 11) is 0. The van der Waals surface area contributed by atoms with Gasteiger partial charge in [-0.05, 0) is 31.4 Å². The molecule has 2 rings (SSSR count). The van der Waals surface area contributed by atoms with E-state index in [-0.39, 0.29) is 0 Å². The van der Waals surface area contributed by atoms with E-state index in [0.717, 1.165) is 6.42 Å². The largest absolute Gasteiger partial charge is 0.0689 e. The molecule has 0 radical (unpaired) electrons. The highest BCUT2D eigenvalue weighted by Crippen LogP contribution is 2.27. The lowest BCUT2D eigenvalue weighted by molar-refractivity contribution is 1.26. The summed E-state index contributed by atoms with van der Waals surface area (Å²) < 4.78 is 0. The first-order valence-electron chi connectivity index (χ1n) is 6.69. The summed E-state index contributed by atoms with van der Waals surface area (Å²) >= 11 is 0. The van der Waals surface area contributed by atoms with Crippen LogP contribution < -0.4 is 0 Å². The van der Waals surface area contributed by atoms with E-state index in [9.17, 15) is 0 Å². The molecule has 0 fully saturated rings. The molecule has 0 aromatic heterocycles. The van der Waals surface area contributed by atoms with Crippen molar-refractivity contribution >= 4 is 5.57 Å². The summed E-state index contributed by atoms with van der Waals surface area (Å²) in [6, 6.07) is 8.74. The molecule has 0 spiro atoms. The van der Waals surface area contributed by atoms with Crippen molar-refractivity contribution in [1.82, 2.24) is 0 Å². The van der Waals surface area contributed by atoms with Crippen LogP contribution in [-0.2, 0) is 0 Å². The van der Waals surface area contributed by atoms with Gasteiger partial charge in [0.2, 0.25) is 0 Å². The van der Waals surface area contributed by atoms with E-state index in [1.807, 2.05) is 27.7 Å². The Morgan fingerprint density at radius 1 is 0.765 bits per heavy atom. The molecule has 94 valence electrons. The maximum absolute atomic E-state index is 2.22. The zero-order valence-electron chi connectivity index (χ0n) is 12.2. The molecule has 1 aromatic rings. The number of rotatable bonds is 1. The van der Waals surface area contributed by atoms with Crippen LogP contribution in [0.25, 0.3) is 5.57 Å². The third-order valence-corrected chi connectivity index (χ3v) is 2.46. The van der Waals surface area contributed by atoms with Gasteiger partial charge in [-0.25, -0.2) is 0 Å². The van der Waals surface area contributed by atoms with Gasteiger partial charge in [-0.1, -0.05) is 75.2 Å². The first kappa shape index (κ1) is 15.7. The van der Waals surface area contributed by atoms with Crippen LogP contribution in [0.1, 0.15) is 52.2 Å². The Morgan fingerprint density at radius 2 is 1.29 bits per heavy atom. The molecule has 0 heterocycles. The zero-order chi connectivity index (χ0) is 13.3. The Bertz CT molecular complexity index is 364. The molecule has 0 heteroatoms. The van der Waals surface area contributed by atoms with Gasteiger partial charge >= 0.3 is 0 Å². The van der Waals surface area contributed by atoms with Gasteiger partial charge in [0, 0.05) is 0 Å². The van der Waals surface area contributed by atoms with Crippen molar-refractivity contribution in [3.8, 4) is 0 Å². The first-order valence-corrected chi connectivity index (χ1v) is 6.69. The second-order valence-corrected chi connectivity index (χ2v) is 3.75. The van der Waals surface area contributed by atoms with Crippen LogP contribution >= 0.6 is 0 Å². The minimum atomic E-state index is 1.11. The molecule has 0 N–H and O–H groups in total. The minimum Gasteiger partial charge on any atom is -0.0689 e. The number of hydrogen-bond acceptors (Lipinski definition) is 0. The Hall–Kier alpha value is -1.30. The fourth-order valence-electron chi connectivity index (χ4n) is 1.63. The first-order chi connectivity index (χ1) is 8.25. The highest BCUT2D eigenvalue weighted by Gasteiger charge is 2.05. The predicted molar refractivity (Wildman–Crippen MR) is 80.2 cm³/mol. The topological polar surface area (TPSA) is 0 Å². The Kier molecular flexibility index (Phi) is 8.13. The molecular formula is C17H26. The summed E-state index contributed by atoms with van der Waals surface area (Å²) in [5.41, 5.74) is 5.58. The van der Waals surface area contributed by atoms with Crippen molar-refractivity contribution in [2.75, 3.05) is 0 Å². The summed E-state index contributed by atoms with van der Waals surface area (Å²) in [6.45, 7) is 12.3. The van der Waals surface area contributed by atoms with Gasteiger partial charge in [0.15, 0.2) is 0 Å². The quantitative estimate of drug-likeness (QED) is 0.573. The molecule has 0 amide bonds. The Morgan fingerprint density at radius 3 is 1.71 bits per heavy atom. The van der Waals surface area contributed by atoms with E-state index < -0.39 is 0 Å². The lowest BCUT2D eigenvalue weighted by Gasteiger charge is -2.03.